The Bertz CT molecular complexity index is 1090. The first kappa shape index (κ1) is 15.3. The van der Waals surface area contributed by atoms with E-state index in [1.165, 1.54) is 0 Å². The highest BCUT2D eigenvalue weighted by Gasteiger charge is 2.17. The molecule has 0 atom stereocenters. The number of nitrogens with zero attached hydrogens (tertiary/aromatic N) is 2. The molecule has 4 aromatic rings. The molecule has 0 spiro atoms. The summed E-state index contributed by atoms with van der Waals surface area (Å²) in [7, 11) is 0. The third-order valence-corrected chi connectivity index (χ3v) is 4.31. The molecule has 0 saturated carbocycles. The zero-order chi connectivity index (χ0) is 17.4. The van der Waals surface area contributed by atoms with Crippen LogP contribution in [0.25, 0.3) is 21.9 Å². The summed E-state index contributed by atoms with van der Waals surface area (Å²) in [5.41, 5.74) is 3.40. The lowest BCUT2D eigenvalue weighted by atomic mass is 10.0. The van der Waals surface area contributed by atoms with E-state index < -0.39 is 0 Å². The summed E-state index contributed by atoms with van der Waals surface area (Å²) in [5, 5.41) is 9.90. The lowest BCUT2D eigenvalue weighted by Crippen LogP contribution is -2.23. The van der Waals surface area contributed by atoms with E-state index in [0.29, 0.717) is 28.9 Å². The maximum atomic E-state index is 12.8. The third kappa shape index (κ3) is 2.74. The molecular weight excluding hydrogens is 314 g/mol. The van der Waals surface area contributed by atoms with Gasteiger partial charge in [-0.15, -0.1) is 0 Å². The van der Waals surface area contributed by atoms with E-state index in [2.05, 4.69) is 33.7 Å². The Hall–Kier alpha value is -3.21. The molecule has 124 valence electrons. The lowest BCUT2D eigenvalue weighted by molar-refractivity contribution is 0.0952. The maximum absolute atomic E-state index is 12.8. The van der Waals surface area contributed by atoms with Crippen LogP contribution in [0.5, 0.6) is 0 Å². The van der Waals surface area contributed by atoms with Gasteiger partial charge in [0.05, 0.1) is 16.6 Å². The number of aryl methyl sites for hydroxylation is 2. The van der Waals surface area contributed by atoms with Crippen LogP contribution in [0.3, 0.4) is 0 Å². The summed E-state index contributed by atoms with van der Waals surface area (Å²) in [6.45, 7) is 4.09. The van der Waals surface area contributed by atoms with Gasteiger partial charge in [0.1, 0.15) is 0 Å². The van der Waals surface area contributed by atoms with E-state index in [1.54, 1.807) is 6.07 Å². The average molecular weight is 331 g/mol. The summed E-state index contributed by atoms with van der Waals surface area (Å²) in [5.74, 6) is -0.158. The first-order chi connectivity index (χ1) is 12.1. The first-order valence-electron chi connectivity index (χ1n) is 8.12. The number of pyridine rings is 1. The van der Waals surface area contributed by atoms with Crippen LogP contribution < -0.4 is 5.32 Å². The first-order valence-corrected chi connectivity index (χ1v) is 8.12. The normalized spacial score (nSPS) is 11.1. The quantitative estimate of drug-likeness (QED) is 0.618. The number of hydrogen-bond donors (Lipinski definition) is 1. The molecule has 0 aliphatic heterocycles. The molecule has 0 radical (unpaired) electrons. The molecular formula is C20H17N3O2. The van der Waals surface area contributed by atoms with Crippen LogP contribution in [0.1, 0.15) is 27.3 Å². The Morgan fingerprint density at radius 2 is 1.92 bits per heavy atom. The van der Waals surface area contributed by atoms with Crippen molar-refractivity contribution in [3.05, 3.63) is 71.0 Å². The van der Waals surface area contributed by atoms with Crippen LogP contribution in [-0.4, -0.2) is 16.0 Å². The maximum Gasteiger partial charge on any atom is 0.258 e. The summed E-state index contributed by atoms with van der Waals surface area (Å²) in [4.78, 5) is 17.1. The summed E-state index contributed by atoms with van der Waals surface area (Å²) < 4.78 is 5.20. The highest BCUT2D eigenvalue weighted by molar-refractivity contribution is 6.06. The van der Waals surface area contributed by atoms with E-state index in [4.69, 9.17) is 4.52 Å². The molecule has 25 heavy (non-hydrogen) atoms. The topological polar surface area (TPSA) is 68.0 Å². The molecule has 5 heteroatoms. The minimum Gasteiger partial charge on any atom is -0.348 e. The van der Waals surface area contributed by atoms with Gasteiger partial charge >= 0.3 is 0 Å². The van der Waals surface area contributed by atoms with Gasteiger partial charge < -0.3 is 9.84 Å². The number of nitrogens with one attached hydrogen (secondary N) is 1. The highest BCUT2D eigenvalue weighted by atomic mass is 16.5. The predicted molar refractivity (Wildman–Crippen MR) is 96.4 cm³/mol. The van der Waals surface area contributed by atoms with Gasteiger partial charge in [0.2, 0.25) is 0 Å². The van der Waals surface area contributed by atoms with E-state index in [9.17, 15) is 4.79 Å². The largest absolute Gasteiger partial charge is 0.348 e. The van der Waals surface area contributed by atoms with Crippen molar-refractivity contribution in [1.82, 2.24) is 15.5 Å². The van der Waals surface area contributed by atoms with E-state index in [0.717, 1.165) is 22.0 Å². The van der Waals surface area contributed by atoms with Gasteiger partial charge in [-0.25, -0.2) is 4.98 Å². The SMILES string of the molecule is Cc1cc(C(=O)NCc2cccc3ccccc23)c2c(C)noc2n1. The lowest BCUT2D eigenvalue weighted by Gasteiger charge is -2.09. The van der Waals surface area contributed by atoms with Crippen molar-refractivity contribution < 1.29 is 9.32 Å². The fraction of sp³-hybridized carbons (Fsp3) is 0.150. The third-order valence-electron chi connectivity index (χ3n) is 4.31. The van der Waals surface area contributed by atoms with Crippen LogP contribution in [0.4, 0.5) is 0 Å². The molecule has 2 heterocycles. The minimum atomic E-state index is -0.158. The van der Waals surface area contributed by atoms with Crippen LogP contribution >= 0.6 is 0 Å². The molecule has 0 saturated heterocycles. The molecule has 0 unspecified atom stereocenters. The smallest absolute Gasteiger partial charge is 0.258 e. The van der Waals surface area contributed by atoms with Crippen molar-refractivity contribution in [2.45, 2.75) is 20.4 Å². The second-order valence-electron chi connectivity index (χ2n) is 6.08. The molecule has 4 rings (SSSR count). The fourth-order valence-electron chi connectivity index (χ4n) is 3.11. The van der Waals surface area contributed by atoms with Gasteiger partial charge in [0.15, 0.2) is 0 Å². The van der Waals surface area contributed by atoms with Crippen molar-refractivity contribution in [3.8, 4) is 0 Å². The van der Waals surface area contributed by atoms with Crippen LogP contribution in [0.2, 0.25) is 0 Å². The Balaban J connectivity index is 1.66. The van der Waals surface area contributed by atoms with Crippen molar-refractivity contribution in [1.29, 1.82) is 0 Å². The van der Waals surface area contributed by atoms with Gasteiger partial charge in [0, 0.05) is 12.2 Å². The second kappa shape index (κ2) is 6.02. The Morgan fingerprint density at radius 3 is 2.80 bits per heavy atom. The minimum absolute atomic E-state index is 0.158. The molecule has 5 nitrogen and oxygen atoms in total. The number of hydrogen-bond acceptors (Lipinski definition) is 4. The van der Waals surface area contributed by atoms with Gasteiger partial charge in [-0.3, -0.25) is 4.79 Å². The van der Waals surface area contributed by atoms with E-state index in [1.807, 2.05) is 38.1 Å². The molecule has 2 aromatic carbocycles. The van der Waals surface area contributed by atoms with Gasteiger partial charge in [0.25, 0.3) is 11.6 Å². The number of carbonyl (C=O) groups is 1. The average Bonchev–Trinajstić information content (AvgIpc) is 2.99. The van der Waals surface area contributed by atoms with Crippen LogP contribution in [0.15, 0.2) is 53.1 Å². The fourth-order valence-corrected chi connectivity index (χ4v) is 3.11. The second-order valence-corrected chi connectivity index (χ2v) is 6.08. The van der Waals surface area contributed by atoms with Gasteiger partial charge in [-0.2, -0.15) is 0 Å². The van der Waals surface area contributed by atoms with E-state index >= 15 is 0 Å². The number of amides is 1. The van der Waals surface area contributed by atoms with Crippen molar-refractivity contribution >= 4 is 27.8 Å². The Kier molecular flexibility index (Phi) is 3.69. The Morgan fingerprint density at radius 1 is 1.12 bits per heavy atom. The van der Waals surface area contributed by atoms with Gasteiger partial charge in [-0.1, -0.05) is 47.6 Å². The zero-order valence-corrected chi connectivity index (χ0v) is 14.0. The summed E-state index contributed by atoms with van der Waals surface area (Å²) in [6, 6.07) is 16.0. The highest BCUT2D eigenvalue weighted by Crippen LogP contribution is 2.22. The number of carbonyl (C=O) groups excluding carboxylic acids is 1. The summed E-state index contributed by atoms with van der Waals surface area (Å²) >= 11 is 0. The van der Waals surface area contributed by atoms with Crippen LogP contribution in [-0.2, 0) is 6.54 Å². The number of benzene rings is 2. The zero-order valence-electron chi connectivity index (χ0n) is 14.0. The van der Waals surface area contributed by atoms with Crippen molar-refractivity contribution in [2.24, 2.45) is 0 Å². The molecule has 0 fully saturated rings. The van der Waals surface area contributed by atoms with Crippen molar-refractivity contribution in [3.63, 3.8) is 0 Å². The molecule has 2 aromatic heterocycles. The number of aromatic nitrogens is 2. The predicted octanol–water partition coefficient (Wildman–Crippen LogP) is 3.92. The summed E-state index contributed by atoms with van der Waals surface area (Å²) in [6.07, 6.45) is 0. The molecule has 1 N–H and O–H groups in total. The molecule has 0 aliphatic rings. The Labute approximate surface area is 144 Å². The monoisotopic (exact) mass is 331 g/mol. The number of rotatable bonds is 3. The molecule has 1 amide bonds. The molecule has 0 bridgehead atoms. The number of fused-ring (bicyclic) bond motifs is 2. The van der Waals surface area contributed by atoms with Gasteiger partial charge in [-0.05, 0) is 36.2 Å². The van der Waals surface area contributed by atoms with Crippen molar-refractivity contribution in [2.75, 3.05) is 0 Å². The standard InChI is InChI=1S/C20H17N3O2/c1-12-10-17(18-13(2)23-25-20(18)22-12)19(24)21-11-15-8-5-7-14-6-3-4-9-16(14)15/h3-10H,11H2,1-2H3,(H,21,24). The van der Waals surface area contributed by atoms with E-state index in [-0.39, 0.29) is 5.91 Å². The van der Waals surface area contributed by atoms with Crippen LogP contribution in [0, 0.1) is 13.8 Å². The molecule has 0 aliphatic carbocycles.